The van der Waals surface area contributed by atoms with Gasteiger partial charge in [-0.05, 0) is 134 Å². The zero-order valence-corrected chi connectivity index (χ0v) is 31.1. The number of esters is 1. The van der Waals surface area contributed by atoms with Crippen LogP contribution in [0.5, 0.6) is 0 Å². The minimum absolute atomic E-state index is 0.000308. The molecule has 5 aliphatic rings. The molecule has 1 N–H and O–H groups in total. The van der Waals surface area contributed by atoms with Crippen LogP contribution in [0, 0.1) is 39.9 Å². The van der Waals surface area contributed by atoms with Crippen molar-refractivity contribution in [3.63, 3.8) is 0 Å². The summed E-state index contributed by atoms with van der Waals surface area (Å²) >= 11 is 0. The van der Waals surface area contributed by atoms with E-state index < -0.39 is 5.41 Å². The molecule has 0 saturated heterocycles. The van der Waals surface area contributed by atoms with Crippen molar-refractivity contribution in [3.05, 3.63) is 64.7 Å². The lowest BCUT2D eigenvalue weighted by molar-refractivity contribution is -0.190. The van der Waals surface area contributed by atoms with Crippen LogP contribution in [0.4, 0.5) is 0 Å². The van der Waals surface area contributed by atoms with Crippen molar-refractivity contribution >= 4 is 34.6 Å². The normalized spacial score (nSPS) is 34.9. The summed E-state index contributed by atoms with van der Waals surface area (Å²) < 4.78 is 11.8. The van der Waals surface area contributed by atoms with Gasteiger partial charge in [-0.25, -0.2) is 4.98 Å². The van der Waals surface area contributed by atoms with E-state index in [2.05, 4.69) is 71.2 Å². The van der Waals surface area contributed by atoms with Crippen LogP contribution >= 0.6 is 0 Å². The summed E-state index contributed by atoms with van der Waals surface area (Å²) in [6.07, 6.45) is 19.3. The Bertz CT molecular complexity index is 1950. The number of fused-ring (bicyclic) bond motifs is 8. The average Bonchev–Trinajstić information content (AvgIpc) is 3.55. The van der Waals surface area contributed by atoms with Crippen LogP contribution < -0.4 is 5.32 Å². The second-order valence-corrected chi connectivity index (χ2v) is 17.8. The lowest BCUT2D eigenvalue weighted by Gasteiger charge is -2.70. The molecular formula is C44H54N2O4. The SMILES string of the molecule is COC(=O)[C@]1(C)CC[C@]2(C)CC[C@@]3(C)[C@@](C)(CC=C4c5cc6nc(-c7ccc(C(=O)NC8CCCCC8)cc7)oc6c(C)c5C=C[C@]43C)[C@H]2C1. The molecule has 8 rings (SSSR count). The molecule has 1 aromatic heterocycles. The molecule has 50 heavy (non-hydrogen) atoms. The van der Waals surface area contributed by atoms with Gasteiger partial charge in [0.2, 0.25) is 5.89 Å². The summed E-state index contributed by atoms with van der Waals surface area (Å²) in [5, 5.41) is 3.22. The Labute approximate surface area is 297 Å². The maximum absolute atomic E-state index is 13.1. The number of amides is 1. The minimum Gasteiger partial charge on any atom is -0.469 e. The third kappa shape index (κ3) is 4.68. The van der Waals surface area contributed by atoms with Gasteiger partial charge < -0.3 is 14.5 Å². The van der Waals surface area contributed by atoms with Crippen LogP contribution in [0.1, 0.15) is 132 Å². The highest BCUT2D eigenvalue weighted by molar-refractivity contribution is 5.96. The summed E-state index contributed by atoms with van der Waals surface area (Å²) in [6.45, 7) is 14.3. The van der Waals surface area contributed by atoms with E-state index in [9.17, 15) is 9.59 Å². The number of nitrogens with zero attached hydrogens (tertiary/aromatic N) is 1. The molecular weight excluding hydrogens is 620 g/mol. The fourth-order valence-electron chi connectivity index (χ4n) is 11.5. The Morgan fingerprint density at radius 3 is 2.40 bits per heavy atom. The predicted molar refractivity (Wildman–Crippen MR) is 199 cm³/mol. The quantitative estimate of drug-likeness (QED) is 0.279. The van der Waals surface area contributed by atoms with Crippen LogP contribution in [0.2, 0.25) is 0 Å². The molecule has 6 heteroatoms. The van der Waals surface area contributed by atoms with Crippen LogP contribution in [0.15, 0.2) is 46.9 Å². The number of hydrogen-bond donors (Lipinski definition) is 1. The molecule has 0 aliphatic heterocycles. The zero-order chi connectivity index (χ0) is 35.3. The monoisotopic (exact) mass is 674 g/mol. The van der Waals surface area contributed by atoms with E-state index in [1.165, 1.54) is 42.4 Å². The fraction of sp³-hybridized carbons (Fsp3) is 0.568. The standard InChI is InChI=1S/C44H54N2O4/c1-27-31-17-19-42(4)33(18-20-43(5)35-26-41(3,39(48)49-7)22-21-40(35,2)23-24-44(42,43)6)32(31)25-34-36(27)50-38(46-34)29-15-13-28(14-16-29)37(47)45-30-11-9-8-10-12-30/h13-19,25,30,35H,8-12,20-24,26H2,1-7H3,(H,45,47)/t35-,40+,41+,42+,43-,44+/m0/s1. The van der Waals surface area contributed by atoms with E-state index >= 15 is 0 Å². The first-order valence-electron chi connectivity index (χ1n) is 19.1. The van der Waals surface area contributed by atoms with Gasteiger partial charge in [0.25, 0.3) is 5.91 Å². The van der Waals surface area contributed by atoms with Gasteiger partial charge in [-0.3, -0.25) is 9.59 Å². The van der Waals surface area contributed by atoms with Crippen LogP contribution in [0.25, 0.3) is 34.2 Å². The van der Waals surface area contributed by atoms with Crippen molar-refractivity contribution in [2.24, 2.45) is 33.0 Å². The fourth-order valence-corrected chi connectivity index (χ4v) is 11.5. The molecule has 6 atom stereocenters. The first kappa shape index (κ1) is 33.5. The van der Waals surface area contributed by atoms with E-state index in [1.807, 2.05) is 24.3 Å². The van der Waals surface area contributed by atoms with Gasteiger partial charge in [-0.2, -0.15) is 0 Å². The third-order valence-corrected chi connectivity index (χ3v) is 15.3. The van der Waals surface area contributed by atoms with Gasteiger partial charge in [0.15, 0.2) is 5.58 Å². The first-order chi connectivity index (χ1) is 23.8. The second-order valence-electron chi connectivity index (χ2n) is 17.8. The number of hydrogen-bond acceptors (Lipinski definition) is 5. The molecule has 1 heterocycles. The van der Waals surface area contributed by atoms with Crippen molar-refractivity contribution < 1.29 is 18.7 Å². The molecule has 3 saturated carbocycles. The Morgan fingerprint density at radius 1 is 0.960 bits per heavy atom. The van der Waals surface area contributed by atoms with Gasteiger partial charge in [0.1, 0.15) is 5.52 Å². The maximum Gasteiger partial charge on any atom is 0.311 e. The van der Waals surface area contributed by atoms with Crippen molar-refractivity contribution in [2.75, 3.05) is 7.11 Å². The molecule has 3 fully saturated rings. The van der Waals surface area contributed by atoms with Gasteiger partial charge in [0.05, 0.1) is 12.5 Å². The number of aromatic nitrogens is 1. The Balaban J connectivity index is 1.13. The smallest absolute Gasteiger partial charge is 0.311 e. The largest absolute Gasteiger partial charge is 0.469 e. The molecule has 0 spiro atoms. The molecule has 0 bridgehead atoms. The van der Waals surface area contributed by atoms with Crippen molar-refractivity contribution in [2.45, 2.75) is 118 Å². The minimum atomic E-state index is -0.435. The van der Waals surface area contributed by atoms with Gasteiger partial charge in [-0.15, -0.1) is 0 Å². The highest BCUT2D eigenvalue weighted by atomic mass is 16.5. The number of benzene rings is 2. The lowest BCUT2D eigenvalue weighted by atomic mass is 9.33. The number of allylic oxidation sites excluding steroid dienone is 3. The van der Waals surface area contributed by atoms with E-state index in [1.54, 1.807) is 7.11 Å². The number of carbonyl (C=O) groups is 2. The topological polar surface area (TPSA) is 81.4 Å². The highest BCUT2D eigenvalue weighted by Crippen LogP contribution is 2.76. The first-order valence-corrected chi connectivity index (χ1v) is 19.1. The van der Waals surface area contributed by atoms with Gasteiger partial charge in [0, 0.05) is 28.1 Å². The highest BCUT2D eigenvalue weighted by Gasteiger charge is 2.68. The number of aryl methyl sites for hydroxylation is 1. The van der Waals surface area contributed by atoms with E-state index in [-0.39, 0.29) is 39.6 Å². The van der Waals surface area contributed by atoms with E-state index in [0.29, 0.717) is 17.4 Å². The molecule has 3 aromatic rings. The predicted octanol–water partition coefficient (Wildman–Crippen LogP) is 10.5. The molecule has 6 nitrogen and oxygen atoms in total. The second kappa shape index (κ2) is 11.4. The summed E-state index contributed by atoms with van der Waals surface area (Å²) in [7, 11) is 1.54. The number of carbonyl (C=O) groups excluding carboxylic acids is 2. The molecule has 1 amide bonds. The molecule has 5 aliphatic carbocycles. The maximum atomic E-state index is 13.1. The van der Waals surface area contributed by atoms with Crippen LogP contribution in [-0.4, -0.2) is 30.0 Å². The summed E-state index contributed by atoms with van der Waals surface area (Å²) in [6, 6.07) is 10.2. The van der Waals surface area contributed by atoms with Crippen LogP contribution in [-0.2, 0) is 9.53 Å². The van der Waals surface area contributed by atoms with Crippen molar-refractivity contribution in [1.29, 1.82) is 0 Å². The summed E-state index contributed by atoms with van der Waals surface area (Å²) in [5.41, 5.74) is 7.82. The lowest BCUT2D eigenvalue weighted by Crippen LogP contribution is -2.63. The number of methoxy groups -OCH3 is 1. The van der Waals surface area contributed by atoms with E-state index in [4.69, 9.17) is 14.1 Å². The third-order valence-electron chi connectivity index (χ3n) is 15.3. The number of oxazole rings is 1. The summed E-state index contributed by atoms with van der Waals surface area (Å²) in [5.74, 6) is 0.936. The Hall–Kier alpha value is -3.67. The number of rotatable bonds is 4. The van der Waals surface area contributed by atoms with Crippen molar-refractivity contribution in [3.8, 4) is 11.5 Å². The molecule has 0 radical (unpaired) electrons. The average molecular weight is 675 g/mol. The van der Waals surface area contributed by atoms with Gasteiger partial charge in [-0.1, -0.05) is 65.2 Å². The Morgan fingerprint density at radius 2 is 1.68 bits per heavy atom. The Kier molecular flexibility index (Phi) is 7.64. The summed E-state index contributed by atoms with van der Waals surface area (Å²) in [4.78, 5) is 31.1. The van der Waals surface area contributed by atoms with Crippen LogP contribution in [0.3, 0.4) is 0 Å². The molecule has 2 aromatic carbocycles. The van der Waals surface area contributed by atoms with Crippen molar-refractivity contribution in [1.82, 2.24) is 10.3 Å². The zero-order valence-electron chi connectivity index (χ0n) is 31.1. The molecule has 0 unspecified atom stereocenters. The molecule has 264 valence electrons. The number of ether oxygens (including phenoxy) is 1. The van der Waals surface area contributed by atoms with E-state index in [0.717, 1.165) is 67.2 Å². The van der Waals surface area contributed by atoms with Gasteiger partial charge >= 0.3 is 5.97 Å². The number of nitrogens with one attached hydrogen (secondary N) is 1.